The number of halogens is 2. The predicted molar refractivity (Wildman–Crippen MR) is 93.7 cm³/mol. The first-order valence-electron chi connectivity index (χ1n) is 7.25. The van der Waals surface area contributed by atoms with Gasteiger partial charge in [0.05, 0.1) is 23.4 Å². The molecule has 0 saturated carbocycles. The monoisotopic (exact) mass is 349 g/mol. The smallest absolute Gasteiger partial charge is 0.283 e. The number of benzene rings is 1. The zero-order valence-corrected chi connectivity index (χ0v) is 13.8. The molecule has 3 rings (SSSR count). The molecule has 0 bridgehead atoms. The van der Waals surface area contributed by atoms with Crippen LogP contribution in [0.15, 0.2) is 47.5 Å². The summed E-state index contributed by atoms with van der Waals surface area (Å²) in [5.74, 6) is -0.266. The molecule has 1 atom stereocenters. The first-order chi connectivity index (χ1) is 11.1. The van der Waals surface area contributed by atoms with Crippen molar-refractivity contribution in [2.45, 2.75) is 19.4 Å². The summed E-state index contributed by atoms with van der Waals surface area (Å²) in [5.41, 5.74) is 9.32. The molecule has 24 heavy (non-hydrogen) atoms. The zero-order chi connectivity index (χ0) is 16.4. The average molecular weight is 350 g/mol. The Morgan fingerprint density at radius 3 is 2.79 bits per heavy atom. The van der Waals surface area contributed by atoms with Crippen LogP contribution < -0.4 is 16.7 Å². The number of nitrogens with zero attached hydrogens (tertiary/aromatic N) is 3. The Balaban J connectivity index is 0.00000208. The molecule has 1 aromatic carbocycles. The van der Waals surface area contributed by atoms with E-state index in [9.17, 15) is 9.18 Å². The summed E-state index contributed by atoms with van der Waals surface area (Å²) in [6.07, 6.45) is 3.76. The fourth-order valence-corrected chi connectivity index (χ4v) is 2.30. The van der Waals surface area contributed by atoms with Crippen molar-refractivity contribution >= 4 is 29.0 Å². The van der Waals surface area contributed by atoms with E-state index < -0.39 is 17.4 Å². The van der Waals surface area contributed by atoms with Crippen molar-refractivity contribution in [1.29, 1.82) is 0 Å². The van der Waals surface area contributed by atoms with Gasteiger partial charge >= 0.3 is 0 Å². The molecule has 0 fully saturated rings. The van der Waals surface area contributed by atoms with E-state index in [2.05, 4.69) is 15.4 Å². The molecular formula is C16H17ClFN5O. The van der Waals surface area contributed by atoms with Gasteiger partial charge in [0.15, 0.2) is 0 Å². The summed E-state index contributed by atoms with van der Waals surface area (Å²) in [4.78, 5) is 21.1. The molecule has 2 aromatic heterocycles. The van der Waals surface area contributed by atoms with Crippen molar-refractivity contribution in [2.75, 3.05) is 5.43 Å². The third kappa shape index (κ3) is 3.22. The second-order valence-corrected chi connectivity index (χ2v) is 5.11. The van der Waals surface area contributed by atoms with E-state index in [-0.39, 0.29) is 23.3 Å². The summed E-state index contributed by atoms with van der Waals surface area (Å²) >= 11 is 0. The fraction of sp³-hybridized carbons (Fsp3) is 0.188. The molecule has 0 aliphatic rings. The minimum atomic E-state index is -0.613. The van der Waals surface area contributed by atoms with Crippen LogP contribution in [0.25, 0.3) is 10.9 Å². The number of nitrogens with two attached hydrogens (primary N) is 1. The van der Waals surface area contributed by atoms with Crippen LogP contribution in [0.1, 0.15) is 25.2 Å². The average Bonchev–Trinajstić information content (AvgIpc) is 2.57. The Hall–Kier alpha value is -2.51. The second kappa shape index (κ2) is 7.37. The van der Waals surface area contributed by atoms with Crippen LogP contribution >= 0.6 is 12.4 Å². The minimum absolute atomic E-state index is 0. The number of fused-ring (bicyclic) bond motifs is 1. The van der Waals surface area contributed by atoms with E-state index in [4.69, 9.17) is 5.73 Å². The number of hydrogen-bond donors (Lipinski definition) is 2. The lowest BCUT2D eigenvalue weighted by Crippen LogP contribution is -2.34. The van der Waals surface area contributed by atoms with E-state index in [1.165, 1.54) is 16.8 Å². The van der Waals surface area contributed by atoms with Gasteiger partial charge in [0.2, 0.25) is 0 Å². The molecule has 0 radical (unpaired) electrons. The topological polar surface area (TPSA) is 85.8 Å². The lowest BCUT2D eigenvalue weighted by molar-refractivity contribution is 0.601. The van der Waals surface area contributed by atoms with Crippen LogP contribution in [0.3, 0.4) is 0 Å². The maximum Gasteiger partial charge on any atom is 0.283 e. The largest absolute Gasteiger partial charge is 0.321 e. The SMILES string of the molecule is CC[C@H](N)c1nc2cccc(F)c2c(=O)n1Nc1cccnc1.Cl. The Kier molecular flexibility index (Phi) is 5.48. The number of rotatable bonds is 4. The highest BCUT2D eigenvalue weighted by Gasteiger charge is 2.18. The first-order valence-corrected chi connectivity index (χ1v) is 7.25. The van der Waals surface area contributed by atoms with Gasteiger partial charge in [-0.25, -0.2) is 14.1 Å². The van der Waals surface area contributed by atoms with Crippen molar-refractivity contribution in [3.8, 4) is 0 Å². The molecule has 0 aliphatic heterocycles. The molecule has 8 heteroatoms. The lowest BCUT2D eigenvalue weighted by Gasteiger charge is -2.18. The third-order valence-corrected chi connectivity index (χ3v) is 3.55. The standard InChI is InChI=1S/C16H16FN5O.ClH/c1-2-12(18)15-20-13-7-3-6-11(17)14(13)16(23)22(15)21-10-5-4-8-19-9-10;/h3-9,12,21H,2,18H2,1H3;1H/t12-;/m0./s1. The molecule has 0 amide bonds. The first kappa shape index (κ1) is 17.8. The molecular weight excluding hydrogens is 333 g/mol. The number of anilines is 1. The highest BCUT2D eigenvalue weighted by atomic mass is 35.5. The molecule has 126 valence electrons. The van der Waals surface area contributed by atoms with E-state index >= 15 is 0 Å². The molecule has 0 unspecified atom stereocenters. The van der Waals surface area contributed by atoms with Crippen molar-refractivity contribution < 1.29 is 4.39 Å². The van der Waals surface area contributed by atoms with Gasteiger partial charge in [0, 0.05) is 6.20 Å². The van der Waals surface area contributed by atoms with Crippen LogP contribution in [-0.4, -0.2) is 14.6 Å². The van der Waals surface area contributed by atoms with Gasteiger partial charge in [0.1, 0.15) is 17.0 Å². The van der Waals surface area contributed by atoms with Crippen LogP contribution in [0.5, 0.6) is 0 Å². The van der Waals surface area contributed by atoms with E-state index in [1.807, 2.05) is 6.92 Å². The van der Waals surface area contributed by atoms with E-state index in [1.54, 1.807) is 30.6 Å². The summed E-state index contributed by atoms with van der Waals surface area (Å²) in [6, 6.07) is 7.36. The van der Waals surface area contributed by atoms with Crippen LogP contribution in [0.4, 0.5) is 10.1 Å². The third-order valence-electron chi connectivity index (χ3n) is 3.55. The quantitative estimate of drug-likeness (QED) is 0.756. The van der Waals surface area contributed by atoms with Crippen molar-refractivity contribution in [3.63, 3.8) is 0 Å². The van der Waals surface area contributed by atoms with Crippen LogP contribution in [-0.2, 0) is 0 Å². The minimum Gasteiger partial charge on any atom is -0.321 e. The normalized spacial score (nSPS) is 11.8. The Bertz CT molecular complexity index is 900. The molecule has 2 heterocycles. The Morgan fingerprint density at radius 1 is 1.33 bits per heavy atom. The predicted octanol–water partition coefficient (Wildman–Crippen LogP) is 2.64. The van der Waals surface area contributed by atoms with Crippen LogP contribution in [0, 0.1) is 5.82 Å². The van der Waals surface area contributed by atoms with Gasteiger partial charge in [-0.2, -0.15) is 0 Å². The van der Waals surface area contributed by atoms with Gasteiger partial charge in [-0.1, -0.05) is 13.0 Å². The summed E-state index contributed by atoms with van der Waals surface area (Å²) in [5, 5.41) is -0.0732. The van der Waals surface area contributed by atoms with E-state index in [0.717, 1.165) is 0 Å². The van der Waals surface area contributed by atoms with Gasteiger partial charge in [-0.15, -0.1) is 12.4 Å². The van der Waals surface area contributed by atoms with Crippen LogP contribution in [0.2, 0.25) is 0 Å². The molecule has 6 nitrogen and oxygen atoms in total. The van der Waals surface area contributed by atoms with Gasteiger partial charge in [-0.3, -0.25) is 15.2 Å². The van der Waals surface area contributed by atoms with E-state index in [0.29, 0.717) is 17.9 Å². The number of pyridine rings is 1. The second-order valence-electron chi connectivity index (χ2n) is 5.11. The van der Waals surface area contributed by atoms with Gasteiger partial charge in [0.25, 0.3) is 5.56 Å². The number of hydrogen-bond acceptors (Lipinski definition) is 5. The number of nitrogens with one attached hydrogen (secondary N) is 1. The summed E-state index contributed by atoms with van der Waals surface area (Å²) in [7, 11) is 0. The molecule has 0 saturated heterocycles. The van der Waals surface area contributed by atoms with Gasteiger partial charge < -0.3 is 5.73 Å². The molecule has 0 spiro atoms. The zero-order valence-electron chi connectivity index (χ0n) is 12.9. The maximum absolute atomic E-state index is 14.1. The number of aromatic nitrogens is 3. The molecule has 3 aromatic rings. The lowest BCUT2D eigenvalue weighted by atomic mass is 10.2. The fourth-order valence-electron chi connectivity index (χ4n) is 2.30. The summed E-state index contributed by atoms with van der Waals surface area (Å²) < 4.78 is 15.2. The molecule has 3 N–H and O–H groups in total. The highest BCUT2D eigenvalue weighted by Crippen LogP contribution is 2.17. The van der Waals surface area contributed by atoms with Crippen molar-refractivity contribution in [1.82, 2.24) is 14.6 Å². The maximum atomic E-state index is 14.1. The summed E-state index contributed by atoms with van der Waals surface area (Å²) in [6.45, 7) is 1.89. The van der Waals surface area contributed by atoms with Gasteiger partial charge in [-0.05, 0) is 30.7 Å². The van der Waals surface area contributed by atoms with Crippen molar-refractivity contribution in [2.24, 2.45) is 5.73 Å². The Labute approximate surface area is 143 Å². The highest BCUT2D eigenvalue weighted by molar-refractivity contribution is 5.85. The molecule has 0 aliphatic carbocycles. The van der Waals surface area contributed by atoms with Crippen molar-refractivity contribution in [3.05, 3.63) is 64.7 Å². The Morgan fingerprint density at radius 2 is 2.12 bits per heavy atom.